The summed E-state index contributed by atoms with van der Waals surface area (Å²) in [5.41, 5.74) is 2.91. The molecule has 0 unspecified atom stereocenters. The van der Waals surface area contributed by atoms with Gasteiger partial charge in [-0.3, -0.25) is 9.97 Å². The van der Waals surface area contributed by atoms with E-state index in [1.54, 1.807) is 18.3 Å². The van der Waals surface area contributed by atoms with Crippen LogP contribution in [-0.4, -0.2) is 31.5 Å². The number of fused-ring (bicyclic) bond motifs is 1. The zero-order valence-corrected chi connectivity index (χ0v) is 15.1. The number of hydrogen-bond donors (Lipinski definition) is 1. The van der Waals surface area contributed by atoms with Crippen molar-refractivity contribution < 1.29 is 17.9 Å². The molecule has 0 fully saturated rings. The van der Waals surface area contributed by atoms with Gasteiger partial charge in [-0.2, -0.15) is 0 Å². The highest BCUT2D eigenvalue weighted by Gasteiger charge is 2.16. The quantitative estimate of drug-likeness (QED) is 0.702. The summed E-state index contributed by atoms with van der Waals surface area (Å²) in [6.45, 7) is 1.87. The van der Waals surface area contributed by atoms with Crippen LogP contribution in [0.1, 0.15) is 27.2 Å². The maximum absolute atomic E-state index is 12.0. The fraction of sp³-hybridized carbons (Fsp3) is 0.167. The van der Waals surface area contributed by atoms with Crippen LogP contribution in [0.5, 0.6) is 0 Å². The lowest BCUT2D eigenvalue weighted by molar-refractivity contribution is 0.0600. The smallest absolute Gasteiger partial charge is 0.337 e. The van der Waals surface area contributed by atoms with Gasteiger partial charge in [-0.1, -0.05) is 0 Å². The Hall–Kier alpha value is -2.84. The Morgan fingerprint density at radius 1 is 1.19 bits per heavy atom. The molecule has 3 rings (SSSR count). The second-order valence-corrected chi connectivity index (χ2v) is 7.46. The van der Waals surface area contributed by atoms with E-state index in [1.807, 2.05) is 19.1 Å². The van der Waals surface area contributed by atoms with Crippen molar-refractivity contribution in [1.29, 1.82) is 0 Å². The summed E-state index contributed by atoms with van der Waals surface area (Å²) in [4.78, 5) is 20.1. The molecule has 2 aromatic heterocycles. The number of benzene rings is 1. The fourth-order valence-electron chi connectivity index (χ4n) is 2.73. The van der Waals surface area contributed by atoms with Gasteiger partial charge in [0.05, 0.1) is 18.2 Å². The Balaban J connectivity index is 2.10. The fourth-order valence-corrected chi connectivity index (χ4v) is 3.49. The van der Waals surface area contributed by atoms with E-state index in [0.29, 0.717) is 34.1 Å². The van der Waals surface area contributed by atoms with Crippen molar-refractivity contribution in [3.05, 3.63) is 65.1 Å². The number of pyridine rings is 2. The third kappa shape index (κ3) is 3.71. The Bertz CT molecular complexity index is 1110. The maximum Gasteiger partial charge on any atom is 0.337 e. The highest BCUT2D eigenvalue weighted by molar-refractivity contribution is 7.89. The summed E-state index contributed by atoms with van der Waals surface area (Å²) in [7, 11) is -2.63. The topological polar surface area (TPSA) is 112 Å². The molecule has 2 heterocycles. The monoisotopic (exact) mass is 371 g/mol. The van der Waals surface area contributed by atoms with Gasteiger partial charge in [0.2, 0.25) is 10.0 Å². The van der Waals surface area contributed by atoms with Crippen molar-refractivity contribution >= 4 is 26.9 Å². The van der Waals surface area contributed by atoms with E-state index in [0.717, 1.165) is 5.56 Å². The predicted octanol–water partition coefficient (Wildman–Crippen LogP) is 1.96. The number of ether oxygens (including phenoxy) is 1. The zero-order chi connectivity index (χ0) is 18.9. The summed E-state index contributed by atoms with van der Waals surface area (Å²) < 4.78 is 28.7. The minimum absolute atomic E-state index is 0.0332. The van der Waals surface area contributed by atoms with Crippen LogP contribution in [0.4, 0.5) is 0 Å². The van der Waals surface area contributed by atoms with E-state index >= 15 is 0 Å². The van der Waals surface area contributed by atoms with Crippen molar-refractivity contribution in [2.75, 3.05) is 7.11 Å². The summed E-state index contributed by atoms with van der Waals surface area (Å²) >= 11 is 0. The molecule has 134 valence electrons. The molecular formula is C18H17N3O4S. The number of primary sulfonamides is 1. The van der Waals surface area contributed by atoms with Crippen LogP contribution in [0.25, 0.3) is 10.9 Å². The summed E-state index contributed by atoms with van der Waals surface area (Å²) in [5, 5.41) is 6.04. The number of carbonyl (C=O) groups excluding carboxylic acids is 1. The Morgan fingerprint density at radius 3 is 2.65 bits per heavy atom. The number of methoxy groups -OCH3 is 1. The average molecular weight is 371 g/mol. The molecule has 0 saturated heterocycles. The van der Waals surface area contributed by atoms with Crippen LogP contribution in [0, 0.1) is 6.92 Å². The Morgan fingerprint density at radius 2 is 1.96 bits per heavy atom. The molecule has 0 amide bonds. The second-order valence-electron chi connectivity index (χ2n) is 5.93. The average Bonchev–Trinajstić information content (AvgIpc) is 2.59. The van der Waals surface area contributed by atoms with E-state index in [4.69, 9.17) is 9.88 Å². The number of nitrogens with two attached hydrogens (primary N) is 1. The molecule has 1 aromatic carbocycles. The summed E-state index contributed by atoms with van der Waals surface area (Å²) in [5.74, 6) is -0.461. The molecule has 0 atom stereocenters. The minimum Gasteiger partial charge on any atom is -0.465 e. The van der Waals surface area contributed by atoms with Crippen LogP contribution in [0.2, 0.25) is 0 Å². The zero-order valence-electron chi connectivity index (χ0n) is 14.3. The first kappa shape index (κ1) is 18.0. The molecule has 0 aliphatic carbocycles. The van der Waals surface area contributed by atoms with Gasteiger partial charge in [-0.25, -0.2) is 18.4 Å². The molecule has 0 spiro atoms. The van der Waals surface area contributed by atoms with Crippen molar-refractivity contribution in [2.45, 2.75) is 18.2 Å². The summed E-state index contributed by atoms with van der Waals surface area (Å²) in [6, 6.07) is 8.35. The van der Waals surface area contributed by atoms with E-state index in [1.165, 1.54) is 19.4 Å². The largest absolute Gasteiger partial charge is 0.465 e. The van der Waals surface area contributed by atoms with Gasteiger partial charge in [0, 0.05) is 29.9 Å². The van der Waals surface area contributed by atoms with Crippen LogP contribution >= 0.6 is 0 Å². The number of hydrogen-bond acceptors (Lipinski definition) is 6. The SMILES string of the molecule is COC(=O)c1ccnc(Cc2cc(S(N)(=O)=O)c3ncc(C)cc3c2)c1. The van der Waals surface area contributed by atoms with Crippen LogP contribution in [0.15, 0.2) is 47.6 Å². The number of esters is 1. The lowest BCUT2D eigenvalue weighted by Gasteiger charge is -2.09. The molecule has 0 aliphatic rings. The van der Waals surface area contributed by atoms with Gasteiger partial charge in [-0.15, -0.1) is 0 Å². The Kier molecular flexibility index (Phi) is 4.71. The molecule has 8 heteroatoms. The van der Waals surface area contributed by atoms with E-state index in [2.05, 4.69) is 9.97 Å². The number of rotatable bonds is 4. The van der Waals surface area contributed by atoms with Crippen molar-refractivity contribution in [2.24, 2.45) is 5.14 Å². The number of aryl methyl sites for hydroxylation is 1. The van der Waals surface area contributed by atoms with E-state index in [-0.39, 0.29) is 4.90 Å². The maximum atomic E-state index is 12.0. The molecule has 7 nitrogen and oxygen atoms in total. The van der Waals surface area contributed by atoms with Gasteiger partial charge in [0.25, 0.3) is 0 Å². The van der Waals surface area contributed by atoms with E-state index in [9.17, 15) is 13.2 Å². The highest BCUT2D eigenvalue weighted by atomic mass is 32.2. The van der Waals surface area contributed by atoms with Gasteiger partial charge in [-0.05, 0) is 48.4 Å². The molecular weight excluding hydrogens is 354 g/mol. The van der Waals surface area contributed by atoms with Gasteiger partial charge >= 0.3 is 5.97 Å². The van der Waals surface area contributed by atoms with Crippen molar-refractivity contribution in [1.82, 2.24) is 9.97 Å². The van der Waals surface area contributed by atoms with Crippen LogP contribution in [-0.2, 0) is 21.2 Å². The second kappa shape index (κ2) is 6.81. The minimum atomic E-state index is -3.94. The first-order chi connectivity index (χ1) is 12.3. The number of carbonyl (C=O) groups is 1. The first-order valence-corrected chi connectivity index (χ1v) is 9.28. The third-order valence-electron chi connectivity index (χ3n) is 3.87. The number of sulfonamides is 1. The van der Waals surface area contributed by atoms with Crippen LogP contribution in [0.3, 0.4) is 0 Å². The van der Waals surface area contributed by atoms with E-state index < -0.39 is 16.0 Å². The Labute approximate surface area is 150 Å². The van der Waals surface area contributed by atoms with Crippen molar-refractivity contribution in [3.8, 4) is 0 Å². The number of aromatic nitrogens is 2. The molecule has 0 radical (unpaired) electrons. The molecule has 0 bridgehead atoms. The highest BCUT2D eigenvalue weighted by Crippen LogP contribution is 2.24. The predicted molar refractivity (Wildman–Crippen MR) is 96.2 cm³/mol. The first-order valence-electron chi connectivity index (χ1n) is 7.73. The van der Waals surface area contributed by atoms with Gasteiger partial charge in [0.1, 0.15) is 4.90 Å². The molecule has 26 heavy (non-hydrogen) atoms. The normalized spacial score (nSPS) is 11.5. The van der Waals surface area contributed by atoms with Gasteiger partial charge < -0.3 is 4.74 Å². The summed E-state index contributed by atoms with van der Waals surface area (Å²) in [6.07, 6.45) is 3.43. The molecule has 3 aromatic rings. The molecule has 0 aliphatic heterocycles. The molecule has 2 N–H and O–H groups in total. The molecule has 0 saturated carbocycles. The van der Waals surface area contributed by atoms with Gasteiger partial charge in [0.15, 0.2) is 0 Å². The lowest BCUT2D eigenvalue weighted by atomic mass is 10.0. The third-order valence-corrected chi connectivity index (χ3v) is 4.80. The van der Waals surface area contributed by atoms with Crippen molar-refractivity contribution in [3.63, 3.8) is 0 Å². The van der Waals surface area contributed by atoms with Crippen LogP contribution < -0.4 is 5.14 Å². The lowest BCUT2D eigenvalue weighted by Crippen LogP contribution is -2.14. The standard InChI is InChI=1S/C18H17N3O4S/c1-11-5-14-6-12(8-16(26(19,23)24)17(14)21-10-11)7-15-9-13(3-4-20-15)18(22)25-2/h3-6,8-10H,7H2,1-2H3,(H2,19,23,24). The number of nitrogens with zero attached hydrogens (tertiary/aromatic N) is 2.